The third-order valence-electron chi connectivity index (χ3n) is 3.69. The monoisotopic (exact) mass is 288 g/mol. The van der Waals surface area contributed by atoms with Gasteiger partial charge >= 0.3 is 5.69 Å². The lowest BCUT2D eigenvalue weighted by Gasteiger charge is -2.15. The molecule has 108 valence electrons. The molecule has 0 saturated heterocycles. The van der Waals surface area contributed by atoms with Crippen LogP contribution in [-0.4, -0.2) is 10.0 Å². The maximum Gasteiger partial charge on any atom is 0.304 e. The van der Waals surface area contributed by atoms with Crippen LogP contribution in [0.25, 0.3) is 0 Å². The Kier molecular flexibility index (Phi) is 3.21. The Balaban J connectivity index is 1.83. The molecular formula is C15H13FN2O3. The standard InChI is InChI=1S/C15H13FN2O3/c16-13-8-10(2-6-15(13)18(20)21)17-14-5-1-9-7-11(19)3-4-12(9)14/h2-4,6-8,14,17,19H,1,5H2. The summed E-state index contributed by atoms with van der Waals surface area (Å²) in [7, 11) is 0. The summed E-state index contributed by atoms with van der Waals surface area (Å²) in [4.78, 5) is 9.85. The van der Waals surface area contributed by atoms with Gasteiger partial charge in [0.05, 0.1) is 11.0 Å². The van der Waals surface area contributed by atoms with Gasteiger partial charge in [-0.25, -0.2) is 0 Å². The van der Waals surface area contributed by atoms with Gasteiger partial charge in [0.2, 0.25) is 5.82 Å². The van der Waals surface area contributed by atoms with E-state index in [0.717, 1.165) is 36.1 Å². The summed E-state index contributed by atoms with van der Waals surface area (Å²) in [5.41, 5.74) is 2.10. The van der Waals surface area contributed by atoms with E-state index >= 15 is 0 Å². The van der Waals surface area contributed by atoms with Crippen LogP contribution >= 0.6 is 0 Å². The highest BCUT2D eigenvalue weighted by Crippen LogP contribution is 2.36. The number of nitro groups is 1. The smallest absolute Gasteiger partial charge is 0.304 e. The average Bonchev–Trinajstić information content (AvgIpc) is 2.80. The van der Waals surface area contributed by atoms with Crippen LogP contribution in [0.3, 0.4) is 0 Å². The van der Waals surface area contributed by atoms with Crippen LogP contribution in [0, 0.1) is 15.9 Å². The first-order valence-corrected chi connectivity index (χ1v) is 6.57. The zero-order valence-electron chi connectivity index (χ0n) is 11.0. The molecule has 6 heteroatoms. The summed E-state index contributed by atoms with van der Waals surface area (Å²) in [6.45, 7) is 0. The number of hydrogen-bond acceptors (Lipinski definition) is 4. The molecule has 0 bridgehead atoms. The van der Waals surface area contributed by atoms with E-state index in [4.69, 9.17) is 0 Å². The van der Waals surface area contributed by atoms with Crippen molar-refractivity contribution in [2.75, 3.05) is 5.32 Å². The molecule has 1 atom stereocenters. The molecule has 5 nitrogen and oxygen atoms in total. The second-order valence-electron chi connectivity index (χ2n) is 5.04. The summed E-state index contributed by atoms with van der Waals surface area (Å²) < 4.78 is 13.6. The second-order valence-corrected chi connectivity index (χ2v) is 5.04. The van der Waals surface area contributed by atoms with Gasteiger partial charge in [-0.15, -0.1) is 0 Å². The third kappa shape index (κ3) is 2.52. The molecule has 1 unspecified atom stereocenters. The summed E-state index contributed by atoms with van der Waals surface area (Å²) in [5, 5.41) is 23.2. The molecule has 0 aromatic heterocycles. The third-order valence-corrected chi connectivity index (χ3v) is 3.69. The van der Waals surface area contributed by atoms with Crippen LogP contribution in [0.5, 0.6) is 5.75 Å². The molecule has 1 aliphatic rings. The van der Waals surface area contributed by atoms with Gasteiger partial charge < -0.3 is 10.4 Å². The highest BCUT2D eigenvalue weighted by atomic mass is 19.1. The predicted molar refractivity (Wildman–Crippen MR) is 75.8 cm³/mol. The van der Waals surface area contributed by atoms with Gasteiger partial charge in [0.1, 0.15) is 5.75 Å². The SMILES string of the molecule is O=[N+]([O-])c1ccc(NC2CCc3cc(O)ccc32)cc1F. The molecule has 2 aromatic rings. The summed E-state index contributed by atoms with van der Waals surface area (Å²) >= 11 is 0. The number of aromatic hydroxyl groups is 1. The largest absolute Gasteiger partial charge is 0.508 e. The van der Waals surface area contributed by atoms with Crippen molar-refractivity contribution in [3.63, 3.8) is 0 Å². The number of fused-ring (bicyclic) bond motifs is 1. The molecule has 0 heterocycles. The molecule has 0 aliphatic heterocycles. The topological polar surface area (TPSA) is 75.4 Å². The van der Waals surface area contributed by atoms with E-state index in [1.54, 1.807) is 12.1 Å². The Morgan fingerprint density at radius 1 is 1.29 bits per heavy atom. The fourth-order valence-corrected chi connectivity index (χ4v) is 2.70. The fourth-order valence-electron chi connectivity index (χ4n) is 2.70. The number of anilines is 1. The Hall–Kier alpha value is -2.63. The molecule has 0 radical (unpaired) electrons. The molecule has 2 N–H and O–H groups in total. The van der Waals surface area contributed by atoms with Crippen molar-refractivity contribution in [3.8, 4) is 5.75 Å². The maximum absolute atomic E-state index is 13.6. The summed E-state index contributed by atoms with van der Waals surface area (Å²) in [6, 6.07) is 9.00. The van der Waals surface area contributed by atoms with Crippen molar-refractivity contribution >= 4 is 11.4 Å². The van der Waals surface area contributed by atoms with Gasteiger partial charge in [0, 0.05) is 17.8 Å². The minimum absolute atomic E-state index is 0.0152. The average molecular weight is 288 g/mol. The van der Waals surface area contributed by atoms with Crippen molar-refractivity contribution in [3.05, 3.63) is 63.5 Å². The molecule has 0 spiro atoms. The Labute approximate surface area is 120 Å². The predicted octanol–water partition coefficient (Wildman–Crippen LogP) is 3.54. The Bertz CT molecular complexity index is 718. The fraction of sp³-hybridized carbons (Fsp3) is 0.200. The normalized spacial score (nSPS) is 16.5. The number of nitrogens with one attached hydrogen (secondary N) is 1. The number of nitro benzene ring substituents is 1. The number of aryl methyl sites for hydroxylation is 1. The lowest BCUT2D eigenvalue weighted by atomic mass is 10.1. The van der Waals surface area contributed by atoms with E-state index in [-0.39, 0.29) is 11.8 Å². The molecule has 2 aromatic carbocycles. The van der Waals surface area contributed by atoms with Crippen molar-refractivity contribution in [1.29, 1.82) is 0 Å². The first kappa shape index (κ1) is 13.4. The van der Waals surface area contributed by atoms with Crippen LogP contribution in [0.4, 0.5) is 15.8 Å². The van der Waals surface area contributed by atoms with Gasteiger partial charge in [0.25, 0.3) is 0 Å². The van der Waals surface area contributed by atoms with E-state index in [2.05, 4.69) is 5.32 Å². The molecule has 0 saturated carbocycles. The lowest BCUT2D eigenvalue weighted by molar-refractivity contribution is -0.387. The molecular weight excluding hydrogens is 275 g/mol. The molecule has 3 rings (SSSR count). The minimum Gasteiger partial charge on any atom is -0.508 e. The van der Waals surface area contributed by atoms with Gasteiger partial charge in [-0.2, -0.15) is 4.39 Å². The highest BCUT2D eigenvalue weighted by molar-refractivity contribution is 5.53. The first-order valence-electron chi connectivity index (χ1n) is 6.57. The van der Waals surface area contributed by atoms with E-state index in [1.807, 2.05) is 6.07 Å². The van der Waals surface area contributed by atoms with E-state index in [1.165, 1.54) is 6.07 Å². The van der Waals surface area contributed by atoms with Crippen LogP contribution in [0.15, 0.2) is 36.4 Å². The molecule has 0 amide bonds. The van der Waals surface area contributed by atoms with Crippen LogP contribution in [0.1, 0.15) is 23.6 Å². The molecule has 1 aliphatic carbocycles. The summed E-state index contributed by atoms with van der Waals surface area (Å²) in [6.07, 6.45) is 1.66. The maximum atomic E-state index is 13.6. The van der Waals surface area contributed by atoms with Gasteiger partial charge in [0.15, 0.2) is 0 Å². The zero-order valence-corrected chi connectivity index (χ0v) is 11.0. The molecule has 0 fully saturated rings. The van der Waals surface area contributed by atoms with Gasteiger partial charge in [-0.05, 0) is 42.2 Å². The highest BCUT2D eigenvalue weighted by Gasteiger charge is 2.23. The zero-order chi connectivity index (χ0) is 15.0. The van der Waals surface area contributed by atoms with Crippen molar-refractivity contribution in [2.24, 2.45) is 0 Å². The van der Waals surface area contributed by atoms with Crippen LogP contribution in [0.2, 0.25) is 0 Å². The van der Waals surface area contributed by atoms with Crippen LogP contribution < -0.4 is 5.32 Å². The van der Waals surface area contributed by atoms with Crippen molar-refractivity contribution in [1.82, 2.24) is 0 Å². The van der Waals surface area contributed by atoms with Gasteiger partial charge in [-0.1, -0.05) is 6.07 Å². The Morgan fingerprint density at radius 3 is 2.81 bits per heavy atom. The second kappa shape index (κ2) is 5.05. The number of phenols is 1. The summed E-state index contributed by atoms with van der Waals surface area (Å²) in [5.74, 6) is -0.621. The minimum atomic E-state index is -0.853. The van der Waals surface area contributed by atoms with E-state index in [9.17, 15) is 19.6 Å². The number of rotatable bonds is 3. The van der Waals surface area contributed by atoms with Crippen LogP contribution in [-0.2, 0) is 6.42 Å². The number of benzene rings is 2. The Morgan fingerprint density at radius 2 is 2.10 bits per heavy atom. The number of phenolic OH excluding ortho intramolecular Hbond substituents is 1. The molecule has 21 heavy (non-hydrogen) atoms. The van der Waals surface area contributed by atoms with Crippen molar-refractivity contribution in [2.45, 2.75) is 18.9 Å². The van der Waals surface area contributed by atoms with E-state index in [0.29, 0.717) is 5.69 Å². The number of hydrogen-bond donors (Lipinski definition) is 2. The lowest BCUT2D eigenvalue weighted by Crippen LogP contribution is -2.07. The first-order chi connectivity index (χ1) is 10.0. The number of halogens is 1. The number of nitrogens with zero attached hydrogens (tertiary/aromatic N) is 1. The van der Waals surface area contributed by atoms with Crippen molar-refractivity contribution < 1.29 is 14.4 Å². The van der Waals surface area contributed by atoms with Gasteiger partial charge in [-0.3, -0.25) is 10.1 Å². The van der Waals surface area contributed by atoms with E-state index < -0.39 is 16.4 Å². The quantitative estimate of drug-likeness (QED) is 0.669.